The number of benzene rings is 5. The van der Waals surface area contributed by atoms with Crippen LogP contribution in [0.25, 0.3) is 32.7 Å². The number of halogens is 6. The number of alkyl halides is 6. The highest BCUT2D eigenvalue weighted by Crippen LogP contribution is 2.45. The van der Waals surface area contributed by atoms with E-state index in [1.165, 1.54) is 0 Å². The Hall–Kier alpha value is -5.32. The lowest BCUT2D eigenvalue weighted by Crippen LogP contribution is -2.36. The summed E-state index contributed by atoms with van der Waals surface area (Å²) in [4.78, 5) is 27.4. The highest BCUT2D eigenvalue weighted by molar-refractivity contribution is 6.14. The summed E-state index contributed by atoms with van der Waals surface area (Å²) < 4.78 is 80.8. The van der Waals surface area contributed by atoms with Gasteiger partial charge in [-0.2, -0.15) is 26.3 Å². The summed E-state index contributed by atoms with van der Waals surface area (Å²) >= 11 is 0. The van der Waals surface area contributed by atoms with E-state index < -0.39 is 45.7 Å². The third kappa shape index (κ3) is 5.34. The predicted molar refractivity (Wildman–Crippen MR) is 166 cm³/mol. The summed E-state index contributed by atoms with van der Waals surface area (Å²) in [6.07, 6.45) is -10.2. The second kappa shape index (κ2) is 10.7. The zero-order valence-corrected chi connectivity index (χ0v) is 23.7. The number of anilines is 5. The molecule has 0 spiro atoms. The van der Waals surface area contributed by atoms with Crippen LogP contribution in [-0.4, -0.2) is 14.1 Å². The lowest BCUT2D eigenvalue weighted by Gasteiger charge is -2.24. The monoisotopic (exact) mass is 619 g/mol. The van der Waals surface area contributed by atoms with E-state index in [1.54, 1.807) is 6.07 Å². The van der Waals surface area contributed by atoms with Gasteiger partial charge in [0, 0.05) is 42.3 Å². The van der Waals surface area contributed by atoms with Crippen molar-refractivity contribution in [2.75, 3.05) is 29.6 Å². The molecule has 6 aromatic carbocycles. The minimum Gasteiger partial charge on any atom is -0.377 e. The van der Waals surface area contributed by atoms with Crippen molar-refractivity contribution >= 4 is 50.0 Å². The topological polar surface area (TPSA) is 61.4 Å². The molecule has 45 heavy (non-hydrogen) atoms. The molecule has 0 saturated carbocycles. The van der Waals surface area contributed by atoms with Crippen molar-refractivity contribution in [2.24, 2.45) is 0 Å². The van der Waals surface area contributed by atoms with E-state index in [0.29, 0.717) is 23.4 Å². The number of rotatable bonds is 6. The lowest BCUT2D eigenvalue weighted by atomic mass is 9.90. The van der Waals surface area contributed by atoms with E-state index in [0.717, 1.165) is 32.8 Å². The molecule has 5 nitrogen and oxygen atoms in total. The Morgan fingerprint density at radius 2 is 1.07 bits per heavy atom. The summed E-state index contributed by atoms with van der Waals surface area (Å²) in [7, 11) is 3.77. The van der Waals surface area contributed by atoms with Crippen molar-refractivity contribution in [2.45, 2.75) is 12.4 Å². The fourth-order valence-electron chi connectivity index (χ4n) is 5.48. The van der Waals surface area contributed by atoms with Gasteiger partial charge in [-0.15, -0.1) is 0 Å². The van der Waals surface area contributed by atoms with Gasteiger partial charge in [-0.25, -0.2) is 0 Å². The van der Waals surface area contributed by atoms with Crippen LogP contribution in [0.3, 0.4) is 0 Å². The van der Waals surface area contributed by atoms with Gasteiger partial charge < -0.3 is 15.5 Å². The molecule has 0 aliphatic carbocycles. The maximum Gasteiger partial charge on any atom is 0.416 e. The average molecular weight is 620 g/mol. The Bertz CT molecular complexity index is 2150. The summed E-state index contributed by atoms with van der Waals surface area (Å²) in [5.41, 5.74) is -3.78. The summed E-state index contributed by atoms with van der Waals surface area (Å²) in [6.45, 7) is 0. The maximum atomic E-state index is 13.5. The van der Waals surface area contributed by atoms with Gasteiger partial charge in [-0.1, -0.05) is 60.7 Å². The van der Waals surface area contributed by atoms with Gasteiger partial charge in [-0.3, -0.25) is 9.59 Å². The molecule has 0 amide bonds. The van der Waals surface area contributed by atoms with Crippen LogP contribution in [0.1, 0.15) is 11.1 Å². The first-order valence-corrected chi connectivity index (χ1v) is 13.6. The molecular weight excluding hydrogens is 596 g/mol. The zero-order chi connectivity index (χ0) is 32.3. The van der Waals surface area contributed by atoms with Crippen LogP contribution in [0.5, 0.6) is 0 Å². The second-order valence-corrected chi connectivity index (χ2v) is 10.7. The molecule has 0 saturated heterocycles. The first-order valence-electron chi connectivity index (χ1n) is 13.6. The predicted octanol–water partition coefficient (Wildman–Crippen LogP) is 8.85. The number of hydrogen-bond donors (Lipinski definition) is 2. The van der Waals surface area contributed by atoms with Gasteiger partial charge in [0.1, 0.15) is 11.4 Å². The van der Waals surface area contributed by atoms with Crippen LogP contribution in [0, 0.1) is 0 Å². The summed E-state index contributed by atoms with van der Waals surface area (Å²) in [6, 6.07) is 23.6. The maximum absolute atomic E-state index is 13.5. The number of hydrogen-bond acceptors (Lipinski definition) is 5. The van der Waals surface area contributed by atoms with Crippen LogP contribution in [0.15, 0.2) is 101 Å². The van der Waals surface area contributed by atoms with Gasteiger partial charge in [0.2, 0.25) is 0 Å². The van der Waals surface area contributed by atoms with Gasteiger partial charge in [0.15, 0.2) is 0 Å². The molecule has 0 unspecified atom stereocenters. The third-order valence-corrected chi connectivity index (χ3v) is 7.59. The number of fused-ring (bicyclic) bond motifs is 2. The molecule has 0 bridgehead atoms. The smallest absolute Gasteiger partial charge is 0.377 e. The zero-order valence-electron chi connectivity index (χ0n) is 23.7. The van der Waals surface area contributed by atoms with Crippen molar-refractivity contribution in [3.63, 3.8) is 0 Å². The van der Waals surface area contributed by atoms with E-state index in [1.807, 2.05) is 85.7 Å². The standard InChI is InChI=1S/C34H23F6N3O2/c1-43(2)26-14-12-19-8-4-6-10-24(19)28(26)27-23-9-5-3-7-18(23)11-13-25(27)42-30-29(31(44)32(30)45)41-22-16-20(33(35,36)37)15-21(17-22)34(38,39)40/h3-17,41-42H,1-2H3. The fraction of sp³-hybridized carbons (Fsp3) is 0.118. The van der Waals surface area contributed by atoms with Gasteiger partial charge in [0.25, 0.3) is 10.9 Å². The van der Waals surface area contributed by atoms with Gasteiger partial charge >= 0.3 is 12.4 Å². The average Bonchev–Trinajstić information content (AvgIpc) is 3.00. The highest BCUT2D eigenvalue weighted by Gasteiger charge is 2.37. The molecule has 11 heteroatoms. The van der Waals surface area contributed by atoms with Crippen LogP contribution in [0.2, 0.25) is 0 Å². The molecule has 0 fully saturated rings. The molecule has 228 valence electrons. The molecule has 0 heterocycles. The molecule has 6 aromatic rings. The van der Waals surface area contributed by atoms with E-state index in [9.17, 15) is 35.9 Å². The Balaban J connectivity index is 1.52. The molecule has 0 aliphatic rings. The highest BCUT2D eigenvalue weighted by atomic mass is 19.4. The van der Waals surface area contributed by atoms with E-state index >= 15 is 0 Å². The van der Waals surface area contributed by atoms with Gasteiger partial charge in [-0.05, 0) is 51.9 Å². The molecule has 0 aromatic heterocycles. The number of nitrogens with one attached hydrogen (secondary N) is 2. The third-order valence-electron chi connectivity index (χ3n) is 7.59. The molecular formula is C34H23F6N3O2. The quantitative estimate of drug-likeness (QED) is 0.144. The summed E-state index contributed by atoms with van der Waals surface area (Å²) in [5.74, 6) is 0. The Morgan fingerprint density at radius 1 is 0.578 bits per heavy atom. The van der Waals surface area contributed by atoms with Gasteiger partial charge in [0.05, 0.1) is 11.1 Å². The molecule has 0 aliphatic heterocycles. The van der Waals surface area contributed by atoms with Crippen molar-refractivity contribution in [3.05, 3.63) is 123 Å². The Kier molecular flexibility index (Phi) is 7.06. The SMILES string of the molecule is CN(C)c1ccc2ccccc2c1-c1c(Nc2c(Nc3cc(C(F)(F)F)cc(C(F)(F)F)c3)c(=O)c2=O)ccc2ccccc12. The van der Waals surface area contributed by atoms with E-state index in [2.05, 4.69) is 10.6 Å². The van der Waals surface area contributed by atoms with Crippen LogP contribution < -0.4 is 26.4 Å². The largest absolute Gasteiger partial charge is 0.416 e. The molecule has 0 radical (unpaired) electrons. The first kappa shape index (κ1) is 29.7. The minimum absolute atomic E-state index is 0.0136. The van der Waals surface area contributed by atoms with Crippen molar-refractivity contribution in [1.82, 2.24) is 0 Å². The Labute approximate surface area is 252 Å². The normalized spacial score (nSPS) is 12.2. The first-order chi connectivity index (χ1) is 21.2. The van der Waals surface area contributed by atoms with Crippen LogP contribution in [0.4, 0.5) is 54.8 Å². The van der Waals surface area contributed by atoms with E-state index in [4.69, 9.17) is 0 Å². The molecule has 6 rings (SSSR count). The van der Waals surface area contributed by atoms with Crippen molar-refractivity contribution in [3.8, 4) is 11.1 Å². The molecule has 0 atom stereocenters. The van der Waals surface area contributed by atoms with Crippen LogP contribution >= 0.6 is 0 Å². The molecule has 2 N–H and O–H groups in total. The summed E-state index contributed by atoms with van der Waals surface area (Å²) in [5, 5.41) is 8.87. The van der Waals surface area contributed by atoms with Crippen LogP contribution in [-0.2, 0) is 12.4 Å². The second-order valence-electron chi connectivity index (χ2n) is 10.7. The lowest BCUT2D eigenvalue weighted by molar-refractivity contribution is -0.143. The Morgan fingerprint density at radius 3 is 1.60 bits per heavy atom. The van der Waals surface area contributed by atoms with Crippen molar-refractivity contribution in [1.29, 1.82) is 0 Å². The van der Waals surface area contributed by atoms with E-state index in [-0.39, 0.29) is 11.8 Å². The minimum atomic E-state index is -5.09. The van der Waals surface area contributed by atoms with Crippen molar-refractivity contribution < 1.29 is 26.3 Å². The number of nitrogens with zero attached hydrogens (tertiary/aromatic N) is 1. The fourth-order valence-corrected chi connectivity index (χ4v) is 5.48.